The van der Waals surface area contributed by atoms with Gasteiger partial charge in [0.1, 0.15) is 29.8 Å². The van der Waals surface area contributed by atoms with Gasteiger partial charge in [-0.1, -0.05) is 86.5 Å². The van der Waals surface area contributed by atoms with Gasteiger partial charge in [0.2, 0.25) is 0 Å². The number of aliphatic hydroxyl groups is 1. The molecule has 1 aromatic rings. The second-order valence-corrected chi connectivity index (χ2v) is 13.9. The van der Waals surface area contributed by atoms with E-state index in [2.05, 4.69) is 74.6 Å². The van der Waals surface area contributed by atoms with Gasteiger partial charge in [-0.25, -0.2) is 0 Å². The summed E-state index contributed by atoms with van der Waals surface area (Å²) in [5, 5.41) is 13.6. The van der Waals surface area contributed by atoms with Gasteiger partial charge < -0.3 is 19.9 Å². The monoisotopic (exact) mass is 545 g/mol. The van der Waals surface area contributed by atoms with E-state index in [0.717, 1.165) is 54.1 Å². The molecule has 226 valence electrons. The summed E-state index contributed by atoms with van der Waals surface area (Å²) in [4.78, 5) is 0. The van der Waals surface area contributed by atoms with Gasteiger partial charge >= 0.3 is 0 Å². The van der Waals surface area contributed by atoms with Crippen LogP contribution >= 0.6 is 0 Å². The highest BCUT2D eigenvalue weighted by Gasteiger charge is 2.34. The Bertz CT molecular complexity index is 864. The number of hydrogen-bond acceptors (Lipinski definition) is 4. The number of ether oxygens (including phenoxy) is 2. The zero-order chi connectivity index (χ0) is 29.2. The summed E-state index contributed by atoms with van der Waals surface area (Å²) in [6, 6.07) is 0.349. The summed E-state index contributed by atoms with van der Waals surface area (Å²) in [5.74, 6) is 4.51. The van der Waals surface area contributed by atoms with E-state index in [0.29, 0.717) is 19.2 Å². The molecule has 1 aromatic carbocycles. The molecule has 4 unspecified atom stereocenters. The molecule has 39 heavy (non-hydrogen) atoms. The van der Waals surface area contributed by atoms with E-state index in [4.69, 9.17) is 9.47 Å². The predicted octanol–water partition coefficient (Wildman–Crippen LogP) is 8.87. The van der Waals surface area contributed by atoms with Crippen LogP contribution in [0.1, 0.15) is 135 Å². The highest BCUT2D eigenvalue weighted by atomic mass is 16.5. The van der Waals surface area contributed by atoms with Crippen LogP contribution in [0.3, 0.4) is 0 Å². The summed E-state index contributed by atoms with van der Waals surface area (Å²) < 4.78 is 13.0. The molecule has 0 aliphatic carbocycles. The Balaban J connectivity index is 1.84. The average molecular weight is 546 g/mol. The van der Waals surface area contributed by atoms with E-state index >= 15 is 0 Å². The van der Waals surface area contributed by atoms with E-state index in [1.807, 2.05) is 0 Å². The molecule has 0 bridgehead atoms. The fraction of sp³-hybridized carbons (Fsp3) is 0.829. The largest absolute Gasteiger partial charge is 0.490 e. The van der Waals surface area contributed by atoms with Crippen LogP contribution in [-0.4, -0.2) is 36.0 Å². The Morgan fingerprint density at radius 3 is 2.03 bits per heavy atom. The molecule has 4 nitrogen and oxygen atoms in total. The van der Waals surface area contributed by atoms with Crippen LogP contribution in [-0.2, 0) is 6.42 Å². The molecular formula is C35H63NO3. The molecule has 0 radical (unpaired) electrons. The summed E-state index contributed by atoms with van der Waals surface area (Å²) in [6.45, 7) is 23.3. The van der Waals surface area contributed by atoms with E-state index in [1.165, 1.54) is 68.1 Å². The number of aliphatic hydroxyl groups excluding tert-OH is 1. The van der Waals surface area contributed by atoms with E-state index in [9.17, 15) is 5.11 Å². The van der Waals surface area contributed by atoms with Crippen molar-refractivity contribution in [3.8, 4) is 11.5 Å². The Labute approximate surface area is 242 Å². The van der Waals surface area contributed by atoms with Crippen molar-refractivity contribution in [1.29, 1.82) is 0 Å². The van der Waals surface area contributed by atoms with Crippen molar-refractivity contribution in [2.24, 2.45) is 17.8 Å². The van der Waals surface area contributed by atoms with Gasteiger partial charge in [-0.15, -0.1) is 0 Å². The van der Waals surface area contributed by atoms with Crippen molar-refractivity contribution in [2.45, 2.75) is 158 Å². The third-order valence-electron chi connectivity index (χ3n) is 9.02. The van der Waals surface area contributed by atoms with E-state index in [-0.39, 0.29) is 5.60 Å². The lowest BCUT2D eigenvalue weighted by molar-refractivity contribution is 0.0509. The van der Waals surface area contributed by atoms with Crippen LogP contribution in [0.15, 0.2) is 0 Å². The van der Waals surface area contributed by atoms with Crippen LogP contribution in [0, 0.1) is 38.5 Å². The van der Waals surface area contributed by atoms with Crippen LogP contribution < -0.4 is 14.8 Å². The van der Waals surface area contributed by atoms with Crippen molar-refractivity contribution in [2.75, 3.05) is 13.2 Å². The van der Waals surface area contributed by atoms with Gasteiger partial charge in [-0.2, -0.15) is 0 Å². The van der Waals surface area contributed by atoms with Crippen molar-refractivity contribution in [1.82, 2.24) is 5.32 Å². The van der Waals surface area contributed by atoms with Crippen LogP contribution in [0.5, 0.6) is 11.5 Å². The lowest BCUT2D eigenvalue weighted by Crippen LogP contribution is -2.37. The van der Waals surface area contributed by atoms with Crippen molar-refractivity contribution < 1.29 is 14.6 Å². The first-order valence-electron chi connectivity index (χ1n) is 16.2. The van der Waals surface area contributed by atoms with Gasteiger partial charge in [-0.3, -0.25) is 0 Å². The van der Waals surface area contributed by atoms with Crippen LogP contribution in [0.2, 0.25) is 0 Å². The molecule has 0 spiro atoms. The molecular weight excluding hydrogens is 482 g/mol. The highest BCUT2D eigenvalue weighted by Crippen LogP contribution is 2.45. The first-order chi connectivity index (χ1) is 18.3. The maximum Gasteiger partial charge on any atom is 0.127 e. The molecule has 4 atom stereocenters. The van der Waals surface area contributed by atoms with Gasteiger partial charge in [-0.05, 0) is 87.8 Å². The van der Waals surface area contributed by atoms with Crippen molar-refractivity contribution >= 4 is 0 Å². The first-order valence-corrected chi connectivity index (χ1v) is 16.2. The predicted molar refractivity (Wildman–Crippen MR) is 167 cm³/mol. The molecule has 0 amide bonds. The molecule has 0 fully saturated rings. The minimum absolute atomic E-state index is 0.0949. The van der Waals surface area contributed by atoms with Gasteiger partial charge in [0, 0.05) is 18.2 Å². The SMILES string of the molecule is Cc1c(C)c2c(c(C)c1OCC(O)CNC(C)C)CCC(C)(CCCC(C)CCCC(C)CCCC(C)C)O2. The number of benzene rings is 1. The fourth-order valence-electron chi connectivity index (χ4n) is 6.09. The van der Waals surface area contributed by atoms with Crippen LogP contribution in [0.25, 0.3) is 0 Å². The lowest BCUT2D eigenvalue weighted by Gasteiger charge is -2.38. The molecule has 2 rings (SSSR count). The van der Waals surface area contributed by atoms with E-state index in [1.54, 1.807) is 0 Å². The third-order valence-corrected chi connectivity index (χ3v) is 9.02. The number of rotatable bonds is 18. The minimum Gasteiger partial charge on any atom is -0.490 e. The van der Waals surface area contributed by atoms with Crippen molar-refractivity contribution in [3.63, 3.8) is 0 Å². The lowest BCUT2D eigenvalue weighted by atomic mass is 9.83. The van der Waals surface area contributed by atoms with E-state index < -0.39 is 6.10 Å². The average Bonchev–Trinajstić information content (AvgIpc) is 2.85. The molecule has 1 aliphatic rings. The fourth-order valence-corrected chi connectivity index (χ4v) is 6.09. The van der Waals surface area contributed by atoms with Gasteiger partial charge in [0.15, 0.2) is 0 Å². The summed E-state index contributed by atoms with van der Waals surface area (Å²) >= 11 is 0. The Kier molecular flexibility index (Phi) is 14.1. The zero-order valence-electron chi connectivity index (χ0n) is 27.3. The maximum absolute atomic E-state index is 10.3. The van der Waals surface area contributed by atoms with Crippen LogP contribution in [0.4, 0.5) is 0 Å². The Hall–Kier alpha value is -1.26. The maximum atomic E-state index is 10.3. The minimum atomic E-state index is -0.525. The Morgan fingerprint density at radius 1 is 0.846 bits per heavy atom. The molecule has 1 heterocycles. The highest BCUT2D eigenvalue weighted by molar-refractivity contribution is 5.59. The summed E-state index contributed by atoms with van der Waals surface area (Å²) in [6.07, 6.45) is 13.5. The molecule has 0 saturated carbocycles. The van der Waals surface area contributed by atoms with Crippen molar-refractivity contribution in [3.05, 3.63) is 22.3 Å². The number of fused-ring (bicyclic) bond motifs is 1. The number of nitrogens with one attached hydrogen (secondary N) is 1. The molecule has 0 saturated heterocycles. The summed E-state index contributed by atoms with van der Waals surface area (Å²) in [7, 11) is 0. The normalized spacial score (nSPS) is 19.6. The summed E-state index contributed by atoms with van der Waals surface area (Å²) in [5.41, 5.74) is 4.68. The quantitative estimate of drug-likeness (QED) is 0.193. The second-order valence-electron chi connectivity index (χ2n) is 13.9. The standard InChI is InChI=1S/C35H63NO3/c1-24(2)14-11-15-26(5)16-12-17-27(6)18-13-20-35(10)21-19-32-30(9)33(28(7)29(8)34(32)39-35)38-23-31(37)22-36-25(3)4/h24-27,31,36-37H,11-23H2,1-10H3. The number of hydrogen-bond donors (Lipinski definition) is 2. The molecule has 0 aromatic heterocycles. The second kappa shape index (κ2) is 16.2. The first kappa shape index (κ1) is 33.9. The molecule has 2 N–H and O–H groups in total. The Morgan fingerprint density at radius 2 is 1.44 bits per heavy atom. The van der Waals surface area contributed by atoms with Gasteiger partial charge in [0.05, 0.1) is 0 Å². The topological polar surface area (TPSA) is 50.7 Å². The van der Waals surface area contributed by atoms with Gasteiger partial charge in [0.25, 0.3) is 0 Å². The zero-order valence-corrected chi connectivity index (χ0v) is 27.3. The third kappa shape index (κ3) is 11.3. The molecule has 4 heteroatoms. The smallest absolute Gasteiger partial charge is 0.127 e. The molecule has 1 aliphatic heterocycles.